The molecule has 3 atom stereocenters. The fraction of sp³-hybridized carbons (Fsp3) is 0.636. The van der Waals surface area contributed by atoms with Crippen LogP contribution < -0.4 is 11.1 Å². The zero-order chi connectivity index (χ0) is 21.9. The number of nitrogens with one attached hydrogen (secondary N) is 1. The van der Waals surface area contributed by atoms with Crippen LogP contribution in [0.25, 0.3) is 0 Å². The Morgan fingerprint density at radius 2 is 1.90 bits per heavy atom. The lowest BCUT2D eigenvalue weighted by Crippen LogP contribution is -2.55. The molecule has 30 heavy (non-hydrogen) atoms. The van der Waals surface area contributed by atoms with Crippen LogP contribution in [0.2, 0.25) is 0 Å². The van der Waals surface area contributed by atoms with E-state index in [2.05, 4.69) is 17.3 Å². The van der Waals surface area contributed by atoms with Crippen LogP contribution in [0, 0.1) is 0 Å². The van der Waals surface area contributed by atoms with E-state index in [1.807, 2.05) is 51.1 Å². The summed E-state index contributed by atoms with van der Waals surface area (Å²) in [6.07, 6.45) is 1.65. The van der Waals surface area contributed by atoms with Crippen LogP contribution in [-0.4, -0.2) is 64.8 Å². The summed E-state index contributed by atoms with van der Waals surface area (Å²) in [6, 6.07) is 8.24. The van der Waals surface area contributed by atoms with E-state index in [9.17, 15) is 9.59 Å². The van der Waals surface area contributed by atoms with Gasteiger partial charge in [0.15, 0.2) is 0 Å². The van der Waals surface area contributed by atoms with Gasteiger partial charge in [-0.15, -0.1) is 11.8 Å². The maximum Gasteiger partial charge on any atom is 0.325 e. The Hall–Kier alpha value is -1.61. The van der Waals surface area contributed by atoms with Crippen LogP contribution in [0.3, 0.4) is 0 Å². The van der Waals surface area contributed by atoms with Crippen molar-refractivity contribution in [2.75, 3.05) is 20.1 Å². The molecule has 2 fully saturated rings. The van der Waals surface area contributed by atoms with E-state index < -0.39 is 29.0 Å². The van der Waals surface area contributed by atoms with Crippen molar-refractivity contribution in [3.63, 3.8) is 0 Å². The number of piperidine rings is 1. The molecule has 1 aromatic rings. The molecule has 7 nitrogen and oxygen atoms in total. The molecule has 0 radical (unpaired) electrons. The lowest BCUT2D eigenvalue weighted by molar-refractivity contribution is -0.157. The molecule has 8 heteroatoms. The number of ether oxygens (including phenoxy) is 2. The minimum Gasteiger partial charge on any atom is -0.460 e. The Morgan fingerprint density at radius 3 is 2.50 bits per heavy atom. The van der Waals surface area contributed by atoms with Crippen molar-refractivity contribution in [2.24, 2.45) is 5.73 Å². The van der Waals surface area contributed by atoms with Crippen molar-refractivity contribution in [3.05, 3.63) is 35.9 Å². The number of nitrogens with zero attached hydrogens (tertiary/aromatic N) is 1. The molecule has 3 unspecified atom stereocenters. The molecule has 2 heterocycles. The fourth-order valence-corrected chi connectivity index (χ4v) is 5.53. The van der Waals surface area contributed by atoms with Gasteiger partial charge in [0.05, 0.1) is 5.37 Å². The molecule has 0 amide bonds. The van der Waals surface area contributed by atoms with E-state index >= 15 is 0 Å². The second-order valence-corrected chi connectivity index (χ2v) is 10.7. The Balaban J connectivity index is 1.72. The summed E-state index contributed by atoms with van der Waals surface area (Å²) in [5, 5.41) is 2.91. The van der Waals surface area contributed by atoms with E-state index in [0.29, 0.717) is 0 Å². The molecule has 0 saturated carbocycles. The van der Waals surface area contributed by atoms with Crippen molar-refractivity contribution in [1.82, 2.24) is 10.2 Å². The van der Waals surface area contributed by atoms with E-state index in [1.54, 1.807) is 11.8 Å². The largest absolute Gasteiger partial charge is 0.460 e. The van der Waals surface area contributed by atoms with Crippen LogP contribution in [-0.2, 0) is 25.7 Å². The van der Waals surface area contributed by atoms with Crippen molar-refractivity contribution < 1.29 is 19.1 Å². The highest BCUT2D eigenvalue weighted by atomic mass is 32.2. The standard InChI is InChI=1S/C22H33N3O4S/c1-21(2,3)29-19(26)16(23)18-24-17(22(30-18)10-12-25(4)13-11-22)20(27)28-14-15-8-6-5-7-9-15/h5-9,16-18,24H,10-14,23H2,1-4H3. The first-order valence-corrected chi connectivity index (χ1v) is 11.3. The van der Waals surface area contributed by atoms with Crippen LogP contribution in [0.1, 0.15) is 39.2 Å². The zero-order valence-electron chi connectivity index (χ0n) is 18.2. The van der Waals surface area contributed by atoms with Gasteiger partial charge in [-0.2, -0.15) is 0 Å². The highest BCUT2D eigenvalue weighted by Crippen LogP contribution is 2.47. The lowest BCUT2D eigenvalue weighted by atomic mass is 9.88. The molecule has 0 aliphatic carbocycles. The van der Waals surface area contributed by atoms with Gasteiger partial charge in [0, 0.05) is 4.75 Å². The minimum atomic E-state index is -0.863. The third kappa shape index (κ3) is 5.55. The third-order valence-corrected chi connectivity index (χ3v) is 7.31. The van der Waals surface area contributed by atoms with Crippen molar-refractivity contribution in [2.45, 2.75) is 68.0 Å². The first-order valence-electron chi connectivity index (χ1n) is 10.4. The molecule has 166 valence electrons. The predicted molar refractivity (Wildman–Crippen MR) is 118 cm³/mol. The normalized spacial score (nSPS) is 25.1. The quantitative estimate of drug-likeness (QED) is 0.678. The first kappa shape index (κ1) is 23.1. The summed E-state index contributed by atoms with van der Waals surface area (Å²) in [5.74, 6) is -0.760. The number of hydrogen-bond donors (Lipinski definition) is 2. The molecule has 2 aliphatic heterocycles. The van der Waals surface area contributed by atoms with Gasteiger partial charge in [0.1, 0.15) is 24.3 Å². The van der Waals surface area contributed by atoms with Gasteiger partial charge in [0.2, 0.25) is 0 Å². The summed E-state index contributed by atoms with van der Waals surface area (Å²) in [6.45, 7) is 7.43. The predicted octanol–water partition coefficient (Wildman–Crippen LogP) is 1.89. The molecule has 0 bridgehead atoms. The molecular weight excluding hydrogens is 402 g/mol. The van der Waals surface area contributed by atoms with Gasteiger partial charge in [-0.05, 0) is 59.3 Å². The van der Waals surface area contributed by atoms with Crippen LogP contribution in [0.15, 0.2) is 30.3 Å². The highest BCUT2D eigenvalue weighted by Gasteiger charge is 2.55. The molecule has 2 aliphatic rings. The smallest absolute Gasteiger partial charge is 0.325 e. The minimum absolute atomic E-state index is 0.224. The van der Waals surface area contributed by atoms with Crippen molar-refractivity contribution in [3.8, 4) is 0 Å². The Bertz CT molecular complexity index is 744. The van der Waals surface area contributed by atoms with Crippen LogP contribution in [0.5, 0.6) is 0 Å². The van der Waals surface area contributed by atoms with Gasteiger partial charge >= 0.3 is 11.9 Å². The third-order valence-electron chi connectivity index (χ3n) is 5.52. The lowest BCUT2D eigenvalue weighted by Gasteiger charge is -2.39. The number of carbonyl (C=O) groups excluding carboxylic acids is 2. The Labute approximate surface area is 183 Å². The van der Waals surface area contributed by atoms with Gasteiger partial charge in [-0.3, -0.25) is 14.9 Å². The van der Waals surface area contributed by atoms with E-state index in [-0.39, 0.29) is 17.3 Å². The summed E-state index contributed by atoms with van der Waals surface area (Å²) >= 11 is 1.59. The van der Waals surface area contributed by atoms with Crippen LogP contribution >= 0.6 is 11.8 Å². The van der Waals surface area contributed by atoms with Crippen molar-refractivity contribution >= 4 is 23.7 Å². The molecule has 0 aromatic heterocycles. The number of nitrogens with two attached hydrogens (primary N) is 1. The summed E-state index contributed by atoms with van der Waals surface area (Å²) in [4.78, 5) is 27.9. The Morgan fingerprint density at radius 1 is 1.27 bits per heavy atom. The Kier molecular flexibility index (Phi) is 7.12. The van der Waals surface area contributed by atoms with E-state index in [4.69, 9.17) is 15.2 Å². The van der Waals surface area contributed by atoms with E-state index in [1.165, 1.54) is 0 Å². The number of likely N-dealkylation sites (tertiary alicyclic amines) is 1. The average Bonchev–Trinajstić information content (AvgIpc) is 3.06. The average molecular weight is 436 g/mol. The number of rotatable bonds is 5. The highest BCUT2D eigenvalue weighted by molar-refractivity contribution is 8.01. The van der Waals surface area contributed by atoms with Gasteiger partial charge in [-0.1, -0.05) is 30.3 Å². The summed E-state index contributed by atoms with van der Waals surface area (Å²) in [5.41, 5.74) is 6.58. The topological polar surface area (TPSA) is 93.9 Å². The number of carbonyl (C=O) groups is 2. The van der Waals surface area contributed by atoms with E-state index in [0.717, 1.165) is 31.5 Å². The molecule has 1 aromatic carbocycles. The fourth-order valence-electron chi connectivity index (χ4n) is 3.84. The van der Waals surface area contributed by atoms with Gasteiger partial charge < -0.3 is 20.1 Å². The number of thioether (sulfide) groups is 1. The second kappa shape index (κ2) is 9.26. The summed E-state index contributed by atoms with van der Waals surface area (Å²) in [7, 11) is 2.08. The van der Waals surface area contributed by atoms with Gasteiger partial charge in [-0.25, -0.2) is 0 Å². The molecular formula is C22H33N3O4S. The zero-order valence-corrected chi connectivity index (χ0v) is 19.0. The monoisotopic (exact) mass is 435 g/mol. The van der Waals surface area contributed by atoms with Crippen LogP contribution in [0.4, 0.5) is 0 Å². The number of esters is 2. The maximum absolute atomic E-state index is 13.1. The molecule has 3 N–H and O–H groups in total. The SMILES string of the molecule is CN1CCC2(CC1)SC(C(N)C(=O)OC(C)(C)C)NC2C(=O)OCc1ccccc1. The summed E-state index contributed by atoms with van der Waals surface area (Å²) < 4.78 is 10.8. The second-order valence-electron chi connectivity index (χ2n) is 9.16. The van der Waals surface area contributed by atoms with Gasteiger partial charge in [0.25, 0.3) is 0 Å². The number of benzene rings is 1. The number of hydrogen-bond acceptors (Lipinski definition) is 8. The van der Waals surface area contributed by atoms with Crippen molar-refractivity contribution in [1.29, 1.82) is 0 Å². The molecule has 3 rings (SSSR count). The first-order chi connectivity index (χ1) is 14.1. The molecule has 2 saturated heterocycles. The maximum atomic E-state index is 13.1. The molecule has 1 spiro atoms.